The van der Waals surface area contributed by atoms with E-state index in [0.717, 1.165) is 6.07 Å². The van der Waals surface area contributed by atoms with Gasteiger partial charge in [-0.15, -0.1) is 0 Å². The van der Waals surface area contributed by atoms with Crippen molar-refractivity contribution in [3.8, 4) is 5.69 Å². The monoisotopic (exact) mass is 413 g/mol. The minimum Gasteiger partial charge on any atom is -0.379 e. The normalized spacial score (nSPS) is 19.0. The van der Waals surface area contributed by atoms with E-state index < -0.39 is 27.9 Å². The lowest BCUT2D eigenvalue weighted by molar-refractivity contribution is -0.130. The minimum atomic E-state index is -1.37. The number of hydrogen-bond donors (Lipinski definition) is 0. The van der Waals surface area contributed by atoms with Crippen molar-refractivity contribution in [2.75, 3.05) is 0 Å². The van der Waals surface area contributed by atoms with E-state index in [1.807, 2.05) is 0 Å². The molecule has 3 rings (SSSR count). The lowest BCUT2D eigenvalue weighted by Crippen LogP contribution is -2.38. The first-order valence-corrected chi connectivity index (χ1v) is 8.55. The lowest BCUT2D eigenvalue weighted by Gasteiger charge is -2.15. The van der Waals surface area contributed by atoms with Gasteiger partial charge in [0.15, 0.2) is 0 Å². The average molecular weight is 414 g/mol. The van der Waals surface area contributed by atoms with Crippen LogP contribution < -0.4 is 11.2 Å². The van der Waals surface area contributed by atoms with Gasteiger partial charge in [-0.25, -0.2) is 13.8 Å². The molecule has 1 aromatic heterocycles. The highest BCUT2D eigenvalue weighted by molar-refractivity contribution is 6.65. The van der Waals surface area contributed by atoms with Crippen LogP contribution in [0.15, 0.2) is 32.9 Å². The van der Waals surface area contributed by atoms with Crippen molar-refractivity contribution in [1.82, 2.24) is 9.13 Å². The predicted octanol–water partition coefficient (Wildman–Crippen LogP) is 2.29. The summed E-state index contributed by atoms with van der Waals surface area (Å²) in [7, 11) is 1.47. The van der Waals surface area contributed by atoms with Gasteiger partial charge in [-0.3, -0.25) is 9.59 Å². The van der Waals surface area contributed by atoms with Crippen molar-refractivity contribution in [1.29, 1.82) is 0 Å². The van der Waals surface area contributed by atoms with Gasteiger partial charge in [0, 0.05) is 30.8 Å². The molecule has 10 heteroatoms. The van der Waals surface area contributed by atoms with Crippen molar-refractivity contribution in [3.05, 3.63) is 61.1 Å². The van der Waals surface area contributed by atoms with Gasteiger partial charge in [0.1, 0.15) is 5.82 Å². The van der Waals surface area contributed by atoms with E-state index in [-0.39, 0.29) is 28.4 Å². The fourth-order valence-corrected chi connectivity index (χ4v) is 3.04. The Morgan fingerprint density at radius 2 is 2.00 bits per heavy atom. The number of aromatic nitrogens is 2. The first-order valence-electron chi connectivity index (χ1n) is 7.79. The second-order valence-corrected chi connectivity index (χ2v) is 7.15. The van der Waals surface area contributed by atoms with Crippen molar-refractivity contribution in [2.45, 2.75) is 25.9 Å². The molecule has 0 fully saturated rings. The van der Waals surface area contributed by atoms with E-state index in [1.165, 1.54) is 30.7 Å². The van der Waals surface area contributed by atoms with Crippen molar-refractivity contribution in [3.63, 3.8) is 0 Å². The first-order chi connectivity index (χ1) is 12.5. The summed E-state index contributed by atoms with van der Waals surface area (Å²) in [5.41, 5.74) is -2.15. The van der Waals surface area contributed by atoms with Crippen molar-refractivity contribution < 1.29 is 14.0 Å². The van der Waals surface area contributed by atoms with Gasteiger partial charge in [-0.05, 0) is 37.6 Å². The Balaban J connectivity index is 2.19. The average Bonchev–Trinajstić information content (AvgIpc) is 2.98. The maximum atomic E-state index is 14.5. The predicted molar refractivity (Wildman–Crippen MR) is 98.5 cm³/mol. The summed E-state index contributed by atoms with van der Waals surface area (Å²) in [6, 6.07) is 3.41. The molecule has 7 nitrogen and oxygen atoms in total. The highest BCUT2D eigenvalue weighted by Gasteiger charge is 2.41. The Bertz CT molecular complexity index is 1120. The molecule has 1 aliphatic heterocycles. The van der Waals surface area contributed by atoms with Crippen LogP contribution in [-0.2, 0) is 16.7 Å². The third-order valence-corrected chi connectivity index (χ3v) is 5.14. The zero-order valence-corrected chi connectivity index (χ0v) is 16.1. The van der Waals surface area contributed by atoms with Crippen LogP contribution >= 0.6 is 23.2 Å². The third-order valence-electron chi connectivity index (χ3n) is 4.43. The topological polar surface area (TPSA) is 82.7 Å². The summed E-state index contributed by atoms with van der Waals surface area (Å²) in [6.07, 6.45) is 0.000925. The van der Waals surface area contributed by atoms with Gasteiger partial charge in [-0.1, -0.05) is 16.8 Å². The van der Waals surface area contributed by atoms with Gasteiger partial charge in [0.05, 0.1) is 16.4 Å². The van der Waals surface area contributed by atoms with Crippen molar-refractivity contribution >= 4 is 34.2 Å². The van der Waals surface area contributed by atoms with Crippen LogP contribution in [0.1, 0.15) is 24.6 Å². The Morgan fingerprint density at radius 1 is 1.33 bits per heavy atom. The third kappa shape index (κ3) is 3.19. The smallest absolute Gasteiger partial charge is 0.335 e. The van der Waals surface area contributed by atoms with Crippen molar-refractivity contribution in [2.24, 2.45) is 12.2 Å². The van der Waals surface area contributed by atoms with E-state index >= 15 is 0 Å². The SMILES string of the molecule is Cc1cc(=O)n(-c2cc(C3=NOC(C)(C(=O)Cl)C3)c(Cl)cc2F)c(=O)n1C. The molecule has 27 heavy (non-hydrogen) atoms. The highest BCUT2D eigenvalue weighted by atomic mass is 35.5. The Hall–Kier alpha value is -2.45. The van der Waals surface area contributed by atoms with E-state index in [0.29, 0.717) is 10.3 Å². The molecule has 0 saturated heterocycles. The van der Waals surface area contributed by atoms with Crippen LogP contribution in [0.2, 0.25) is 5.02 Å². The molecule has 0 N–H and O–H groups in total. The molecule has 0 amide bonds. The van der Waals surface area contributed by atoms with Crippen LogP contribution in [0.5, 0.6) is 0 Å². The van der Waals surface area contributed by atoms with Crippen LogP contribution in [0.4, 0.5) is 4.39 Å². The van der Waals surface area contributed by atoms with Gasteiger partial charge in [0.25, 0.3) is 10.8 Å². The second-order valence-electron chi connectivity index (χ2n) is 6.40. The van der Waals surface area contributed by atoms with Crippen LogP contribution in [0.25, 0.3) is 5.69 Å². The standard InChI is InChI=1S/C17H14Cl2FN3O4/c1-8-4-14(24)23(16(26)22(8)3)13-5-9(10(18)6-11(13)20)12-7-17(2,15(19)25)27-21-12/h4-6H,7H2,1-3H3. The number of nitrogens with zero attached hydrogens (tertiary/aromatic N) is 3. The maximum Gasteiger partial charge on any atom is 0.335 e. The number of oxime groups is 1. The largest absolute Gasteiger partial charge is 0.379 e. The first kappa shape index (κ1) is 19.3. The molecule has 142 valence electrons. The summed E-state index contributed by atoms with van der Waals surface area (Å²) >= 11 is 11.6. The molecule has 1 aliphatic rings. The highest BCUT2D eigenvalue weighted by Crippen LogP contribution is 2.32. The number of benzene rings is 1. The fourth-order valence-electron chi connectivity index (χ4n) is 2.68. The molecule has 1 atom stereocenters. The number of aryl methyl sites for hydroxylation is 1. The summed E-state index contributed by atoms with van der Waals surface area (Å²) in [5, 5.41) is 3.06. The van der Waals surface area contributed by atoms with Gasteiger partial charge in [0.2, 0.25) is 5.60 Å². The van der Waals surface area contributed by atoms with Gasteiger partial charge in [-0.2, -0.15) is 0 Å². The zero-order valence-electron chi connectivity index (χ0n) is 14.5. The Morgan fingerprint density at radius 3 is 2.59 bits per heavy atom. The van der Waals surface area contributed by atoms with Crippen LogP contribution in [0.3, 0.4) is 0 Å². The van der Waals surface area contributed by atoms with E-state index in [4.69, 9.17) is 28.0 Å². The zero-order chi connectivity index (χ0) is 20.1. The maximum absolute atomic E-state index is 14.5. The molecule has 0 radical (unpaired) electrons. The molecule has 1 unspecified atom stereocenters. The molecule has 0 saturated carbocycles. The second kappa shape index (κ2) is 6.61. The van der Waals surface area contributed by atoms with E-state index in [1.54, 1.807) is 6.92 Å². The molecule has 1 aromatic carbocycles. The fraction of sp³-hybridized carbons (Fsp3) is 0.294. The number of carbonyl (C=O) groups is 1. The Kier molecular flexibility index (Phi) is 4.73. The number of rotatable bonds is 3. The summed E-state index contributed by atoms with van der Waals surface area (Å²) in [5.74, 6) is -0.859. The molecular formula is C17H14Cl2FN3O4. The molecule has 0 bridgehead atoms. The van der Waals surface area contributed by atoms with E-state index in [9.17, 15) is 18.8 Å². The molecule has 0 aliphatic carbocycles. The molecule has 2 aromatic rings. The summed E-state index contributed by atoms with van der Waals surface area (Å²) in [6.45, 7) is 3.04. The number of hydrogen-bond acceptors (Lipinski definition) is 5. The number of carbonyl (C=O) groups excluding carboxylic acids is 1. The van der Waals surface area contributed by atoms with Crippen LogP contribution in [0, 0.1) is 12.7 Å². The summed E-state index contributed by atoms with van der Waals surface area (Å²) in [4.78, 5) is 41.4. The van der Waals surface area contributed by atoms with Gasteiger partial charge < -0.3 is 9.40 Å². The van der Waals surface area contributed by atoms with Crippen LogP contribution in [-0.4, -0.2) is 25.7 Å². The molecule has 0 spiro atoms. The van der Waals surface area contributed by atoms with E-state index in [2.05, 4.69) is 5.16 Å². The molecular weight excluding hydrogens is 400 g/mol. The summed E-state index contributed by atoms with van der Waals surface area (Å²) < 4.78 is 16.5. The molecule has 2 heterocycles. The number of halogens is 3. The quantitative estimate of drug-likeness (QED) is 0.722. The van der Waals surface area contributed by atoms with Gasteiger partial charge >= 0.3 is 5.69 Å². The minimum absolute atomic E-state index is 0.000925. The Labute approximate surface area is 162 Å². The lowest BCUT2D eigenvalue weighted by atomic mass is 9.96.